The first-order valence-electron chi connectivity index (χ1n) is 16.4. The van der Waals surface area contributed by atoms with E-state index in [0.29, 0.717) is 12.4 Å². The number of piperazine rings is 1. The number of fused-ring (bicyclic) bond motifs is 1. The third-order valence-electron chi connectivity index (χ3n) is 9.12. The summed E-state index contributed by atoms with van der Waals surface area (Å²) in [5.41, 5.74) is 9.26. The van der Waals surface area contributed by atoms with E-state index in [2.05, 4.69) is 123 Å². The predicted molar refractivity (Wildman–Crippen MR) is 187 cm³/mol. The maximum absolute atomic E-state index is 13.2. The molecule has 46 heavy (non-hydrogen) atoms. The maximum atomic E-state index is 13.2. The molecule has 2 aliphatic heterocycles. The molecule has 6 heteroatoms. The summed E-state index contributed by atoms with van der Waals surface area (Å²) in [6, 6.07) is 43.4. The van der Waals surface area contributed by atoms with E-state index in [0.717, 1.165) is 58.9 Å². The smallest absolute Gasteiger partial charge is 0.123 e. The summed E-state index contributed by atoms with van der Waals surface area (Å²) in [6.07, 6.45) is 0.885. The Hall–Kier alpha value is -4.81. The van der Waals surface area contributed by atoms with Crippen LogP contribution in [0.3, 0.4) is 0 Å². The number of anilines is 3. The van der Waals surface area contributed by atoms with Crippen LogP contribution < -0.4 is 19.4 Å². The van der Waals surface area contributed by atoms with Gasteiger partial charge in [0.1, 0.15) is 11.6 Å². The second-order valence-corrected chi connectivity index (χ2v) is 12.2. The van der Waals surface area contributed by atoms with Crippen molar-refractivity contribution in [3.8, 4) is 16.9 Å². The van der Waals surface area contributed by atoms with Crippen molar-refractivity contribution in [2.75, 3.05) is 60.7 Å². The van der Waals surface area contributed by atoms with Crippen LogP contribution in [0.25, 0.3) is 11.1 Å². The van der Waals surface area contributed by atoms with Crippen LogP contribution in [0.15, 0.2) is 127 Å². The predicted octanol–water partition coefficient (Wildman–Crippen LogP) is 8.07. The highest BCUT2D eigenvalue weighted by atomic mass is 19.1. The standard InChI is InChI=1S/C40H41FN4O/c41-35-19-21-36(22-20-35)46-28-10-23-44-31-45(40-18-9-8-17-39(40)44)30-34-14-5-7-16-38(34)43-26-24-42(25-27-43)29-33-13-4-6-15-37(33)32-11-2-1-3-12-32/h1-9,11-22H,10,23-31H2. The number of benzene rings is 5. The normalized spacial score (nSPS) is 14.8. The molecule has 0 atom stereocenters. The lowest BCUT2D eigenvalue weighted by molar-refractivity contribution is 0.250. The Morgan fingerprint density at radius 2 is 1.20 bits per heavy atom. The average molecular weight is 613 g/mol. The molecule has 0 amide bonds. The van der Waals surface area contributed by atoms with E-state index >= 15 is 0 Å². The van der Waals surface area contributed by atoms with E-state index in [1.807, 2.05) is 0 Å². The lowest BCUT2D eigenvalue weighted by Gasteiger charge is -2.37. The molecule has 1 saturated heterocycles. The molecule has 0 N–H and O–H groups in total. The van der Waals surface area contributed by atoms with Gasteiger partial charge >= 0.3 is 0 Å². The molecule has 1 fully saturated rings. The molecule has 0 spiro atoms. The van der Waals surface area contributed by atoms with E-state index in [-0.39, 0.29) is 5.82 Å². The largest absolute Gasteiger partial charge is 0.494 e. The van der Waals surface area contributed by atoms with Gasteiger partial charge in [0.25, 0.3) is 0 Å². The third kappa shape index (κ3) is 6.87. The number of nitrogens with zero attached hydrogens (tertiary/aromatic N) is 4. The zero-order chi connectivity index (χ0) is 31.1. The molecule has 234 valence electrons. The SMILES string of the molecule is Fc1ccc(OCCCN2CN(Cc3ccccc3N3CCN(Cc4ccccc4-c4ccccc4)CC3)c3ccccc32)cc1. The van der Waals surface area contributed by atoms with Crippen LogP contribution in [-0.4, -0.2) is 50.9 Å². The van der Waals surface area contributed by atoms with Crippen LogP contribution in [-0.2, 0) is 13.1 Å². The Morgan fingerprint density at radius 1 is 0.565 bits per heavy atom. The fourth-order valence-electron chi connectivity index (χ4n) is 6.76. The molecule has 5 nitrogen and oxygen atoms in total. The van der Waals surface area contributed by atoms with Crippen LogP contribution in [0.5, 0.6) is 5.75 Å². The summed E-state index contributed by atoms with van der Waals surface area (Å²) in [7, 11) is 0. The minimum Gasteiger partial charge on any atom is -0.494 e. The molecule has 0 saturated carbocycles. The molecule has 0 aromatic heterocycles. The highest BCUT2D eigenvalue weighted by Crippen LogP contribution is 2.38. The molecule has 0 aliphatic carbocycles. The third-order valence-corrected chi connectivity index (χ3v) is 9.12. The zero-order valence-corrected chi connectivity index (χ0v) is 26.3. The molecule has 2 aliphatic rings. The molecular weight excluding hydrogens is 571 g/mol. The Kier molecular flexibility index (Phi) is 9.15. The van der Waals surface area contributed by atoms with Gasteiger partial charge < -0.3 is 19.4 Å². The summed E-state index contributed by atoms with van der Waals surface area (Å²) < 4.78 is 19.1. The first kappa shape index (κ1) is 29.9. The van der Waals surface area contributed by atoms with Crippen LogP contribution >= 0.6 is 0 Å². The number of hydrogen-bond donors (Lipinski definition) is 0. The summed E-state index contributed by atoms with van der Waals surface area (Å²) >= 11 is 0. The molecule has 0 unspecified atom stereocenters. The number of ether oxygens (including phenoxy) is 1. The van der Waals surface area contributed by atoms with E-state index in [1.54, 1.807) is 12.1 Å². The monoisotopic (exact) mass is 612 g/mol. The van der Waals surface area contributed by atoms with Gasteiger partial charge in [-0.2, -0.15) is 0 Å². The Bertz CT molecular complexity index is 1720. The van der Waals surface area contributed by atoms with Crippen molar-refractivity contribution in [3.63, 3.8) is 0 Å². The Labute approximate surface area is 272 Å². The quantitative estimate of drug-likeness (QED) is 0.140. The molecule has 5 aromatic rings. The van der Waals surface area contributed by atoms with Crippen molar-refractivity contribution in [1.82, 2.24) is 4.90 Å². The molecule has 5 aromatic carbocycles. The summed E-state index contributed by atoms with van der Waals surface area (Å²) in [4.78, 5) is 10.1. The highest BCUT2D eigenvalue weighted by Gasteiger charge is 2.27. The van der Waals surface area contributed by atoms with E-state index in [4.69, 9.17) is 4.74 Å². The molecular formula is C40H41FN4O. The second-order valence-electron chi connectivity index (χ2n) is 12.2. The van der Waals surface area contributed by atoms with Crippen molar-refractivity contribution in [2.45, 2.75) is 19.5 Å². The molecule has 7 rings (SSSR count). The fourth-order valence-corrected chi connectivity index (χ4v) is 6.76. The van der Waals surface area contributed by atoms with E-state index < -0.39 is 0 Å². The van der Waals surface area contributed by atoms with Gasteiger partial charge in [0, 0.05) is 51.5 Å². The average Bonchev–Trinajstić information content (AvgIpc) is 3.45. The lowest BCUT2D eigenvalue weighted by atomic mass is 9.99. The van der Waals surface area contributed by atoms with Crippen molar-refractivity contribution in [3.05, 3.63) is 144 Å². The van der Waals surface area contributed by atoms with Crippen molar-refractivity contribution < 1.29 is 9.13 Å². The maximum Gasteiger partial charge on any atom is 0.123 e. The van der Waals surface area contributed by atoms with Crippen LogP contribution in [0.2, 0.25) is 0 Å². The van der Waals surface area contributed by atoms with Crippen LogP contribution in [0, 0.1) is 5.82 Å². The van der Waals surface area contributed by atoms with E-state index in [9.17, 15) is 4.39 Å². The number of rotatable bonds is 11. The Balaban J connectivity index is 0.972. The zero-order valence-electron chi connectivity index (χ0n) is 26.3. The highest BCUT2D eigenvalue weighted by molar-refractivity contribution is 5.76. The van der Waals surface area contributed by atoms with E-state index in [1.165, 1.54) is 51.4 Å². The first-order chi connectivity index (χ1) is 22.7. The topological polar surface area (TPSA) is 22.2 Å². The van der Waals surface area contributed by atoms with Crippen LogP contribution in [0.1, 0.15) is 17.5 Å². The van der Waals surface area contributed by atoms with Crippen molar-refractivity contribution >= 4 is 17.1 Å². The number of hydrogen-bond acceptors (Lipinski definition) is 5. The summed E-state index contributed by atoms with van der Waals surface area (Å²) in [5, 5.41) is 0. The van der Waals surface area contributed by atoms with Gasteiger partial charge in [-0.15, -0.1) is 0 Å². The number of para-hydroxylation sites is 3. The van der Waals surface area contributed by atoms with Gasteiger partial charge in [-0.3, -0.25) is 4.90 Å². The number of halogens is 1. The first-order valence-corrected chi connectivity index (χ1v) is 16.4. The molecule has 0 bridgehead atoms. The minimum absolute atomic E-state index is 0.245. The fraction of sp³-hybridized carbons (Fsp3) is 0.250. The van der Waals surface area contributed by atoms with Crippen molar-refractivity contribution in [2.24, 2.45) is 0 Å². The van der Waals surface area contributed by atoms with Gasteiger partial charge in [0.15, 0.2) is 0 Å². The summed E-state index contributed by atoms with van der Waals surface area (Å²) in [6.45, 7) is 8.27. The summed E-state index contributed by atoms with van der Waals surface area (Å²) in [5.74, 6) is 0.463. The van der Waals surface area contributed by atoms with Gasteiger partial charge in [-0.1, -0.05) is 84.9 Å². The van der Waals surface area contributed by atoms with Gasteiger partial charge in [-0.05, 0) is 71.1 Å². The van der Waals surface area contributed by atoms with Crippen LogP contribution in [0.4, 0.5) is 21.5 Å². The lowest BCUT2D eigenvalue weighted by Crippen LogP contribution is -2.46. The second kappa shape index (κ2) is 14.1. The Morgan fingerprint density at radius 3 is 1.96 bits per heavy atom. The van der Waals surface area contributed by atoms with Gasteiger partial charge in [0.2, 0.25) is 0 Å². The molecule has 2 heterocycles. The van der Waals surface area contributed by atoms with Crippen molar-refractivity contribution in [1.29, 1.82) is 0 Å². The molecule has 0 radical (unpaired) electrons. The van der Waals surface area contributed by atoms with Gasteiger partial charge in [0.05, 0.1) is 24.7 Å². The van der Waals surface area contributed by atoms with Gasteiger partial charge in [-0.25, -0.2) is 4.39 Å². The minimum atomic E-state index is -0.245.